The molecule has 0 saturated carbocycles. The number of rotatable bonds is 5. The molecule has 1 saturated heterocycles. The van der Waals surface area contributed by atoms with Gasteiger partial charge in [0.25, 0.3) is 0 Å². The van der Waals surface area contributed by atoms with Crippen molar-refractivity contribution >= 4 is 10.0 Å². The van der Waals surface area contributed by atoms with Gasteiger partial charge in [0.2, 0.25) is 10.0 Å². The molecule has 17 heavy (non-hydrogen) atoms. The van der Waals surface area contributed by atoms with Gasteiger partial charge in [-0.05, 0) is 11.1 Å². The quantitative estimate of drug-likeness (QED) is 0.345. The Bertz CT molecular complexity index is 537. The van der Waals surface area contributed by atoms with Gasteiger partial charge in [0.05, 0.1) is 18.0 Å². The molecular weight excluding hydrogens is 242 g/mol. The van der Waals surface area contributed by atoms with Gasteiger partial charge in [-0.3, -0.25) is 0 Å². The lowest BCUT2D eigenvalue weighted by atomic mass is 10.1. The van der Waals surface area contributed by atoms with E-state index in [1.54, 1.807) is 0 Å². The average molecular weight is 253 g/mol. The fraction of sp³-hybridized carbons (Fsp3) is 0.400. The van der Waals surface area contributed by atoms with Crippen molar-refractivity contribution in [2.24, 2.45) is 4.52 Å². The molecule has 0 aromatic heterocycles. The Morgan fingerprint density at radius 1 is 1.29 bits per heavy atom. The van der Waals surface area contributed by atoms with Crippen LogP contribution in [0.5, 0.6) is 0 Å². The Morgan fingerprint density at radius 3 is 2.65 bits per heavy atom. The summed E-state index contributed by atoms with van der Waals surface area (Å²) in [5.74, 6) is -0.242. The van der Waals surface area contributed by atoms with E-state index in [0.29, 0.717) is 6.42 Å². The van der Waals surface area contributed by atoms with Gasteiger partial charge < -0.3 is 4.74 Å². The number of epoxide rings is 1. The standard InChI is InChI=1S/C10H11N3O3S/c11-12-13-17(14,15)7-10-9(16-10)6-8-4-2-1-3-5-8/h1-5,9-10H,6-7H2. The number of ether oxygens (including phenoxy) is 1. The molecular formula is C10H11N3O3S. The molecule has 1 heterocycles. The van der Waals surface area contributed by atoms with Crippen molar-refractivity contribution < 1.29 is 13.2 Å². The summed E-state index contributed by atoms with van der Waals surface area (Å²) in [4.78, 5) is 2.28. The maximum absolute atomic E-state index is 11.2. The van der Waals surface area contributed by atoms with Crippen molar-refractivity contribution in [1.82, 2.24) is 0 Å². The summed E-state index contributed by atoms with van der Waals surface area (Å²) < 4.78 is 30.3. The molecule has 6 nitrogen and oxygen atoms in total. The SMILES string of the molecule is [N-]=[N+]=NS(=O)(=O)CC1OC1Cc1ccccc1. The molecule has 0 N–H and O–H groups in total. The molecule has 1 aliphatic heterocycles. The van der Waals surface area contributed by atoms with E-state index < -0.39 is 10.0 Å². The second kappa shape index (κ2) is 4.75. The molecule has 2 rings (SSSR count). The normalized spacial score (nSPS) is 22.8. The van der Waals surface area contributed by atoms with Crippen LogP contribution in [-0.2, 0) is 21.2 Å². The van der Waals surface area contributed by atoms with Crippen LogP contribution in [0.1, 0.15) is 5.56 Å². The van der Waals surface area contributed by atoms with E-state index in [0.717, 1.165) is 5.56 Å². The minimum Gasteiger partial charge on any atom is -0.368 e. The highest BCUT2D eigenvalue weighted by Gasteiger charge is 2.41. The van der Waals surface area contributed by atoms with E-state index in [4.69, 9.17) is 10.3 Å². The molecule has 1 aliphatic rings. The number of nitrogens with zero attached hydrogens (tertiary/aromatic N) is 3. The molecule has 0 bridgehead atoms. The van der Waals surface area contributed by atoms with Crippen LogP contribution in [0.25, 0.3) is 10.4 Å². The predicted molar refractivity (Wildman–Crippen MR) is 61.7 cm³/mol. The smallest absolute Gasteiger partial charge is 0.238 e. The highest BCUT2D eigenvalue weighted by Crippen LogP contribution is 2.27. The largest absolute Gasteiger partial charge is 0.368 e. The maximum Gasteiger partial charge on any atom is 0.238 e. The van der Waals surface area contributed by atoms with Crippen LogP contribution in [0.4, 0.5) is 0 Å². The molecule has 7 heteroatoms. The van der Waals surface area contributed by atoms with E-state index in [2.05, 4.69) is 9.43 Å². The van der Waals surface area contributed by atoms with E-state index in [9.17, 15) is 8.42 Å². The number of benzene rings is 1. The Labute approximate surface area is 98.9 Å². The molecule has 0 aliphatic carbocycles. The van der Waals surface area contributed by atoms with Crippen molar-refractivity contribution in [3.05, 3.63) is 46.3 Å². The van der Waals surface area contributed by atoms with Crippen molar-refractivity contribution in [3.63, 3.8) is 0 Å². The van der Waals surface area contributed by atoms with Crippen LogP contribution in [0, 0.1) is 0 Å². The Morgan fingerprint density at radius 2 is 2.00 bits per heavy atom. The lowest BCUT2D eigenvalue weighted by Gasteiger charge is -1.96. The third-order valence-corrected chi connectivity index (χ3v) is 3.57. The van der Waals surface area contributed by atoms with Crippen molar-refractivity contribution in [1.29, 1.82) is 0 Å². The van der Waals surface area contributed by atoms with Crippen molar-refractivity contribution in [2.75, 3.05) is 5.75 Å². The summed E-state index contributed by atoms with van der Waals surface area (Å²) in [6.07, 6.45) is 0.226. The minimum atomic E-state index is -3.71. The lowest BCUT2D eigenvalue weighted by Crippen LogP contribution is -2.11. The van der Waals surface area contributed by atoms with Crippen LogP contribution in [0.2, 0.25) is 0 Å². The number of azide groups is 1. The highest BCUT2D eigenvalue weighted by molar-refractivity contribution is 7.90. The van der Waals surface area contributed by atoms with Gasteiger partial charge in [-0.2, -0.15) is 0 Å². The van der Waals surface area contributed by atoms with Crippen molar-refractivity contribution in [2.45, 2.75) is 18.6 Å². The van der Waals surface area contributed by atoms with Gasteiger partial charge in [-0.15, -0.1) is 0 Å². The molecule has 1 fully saturated rings. The molecule has 1 aromatic carbocycles. The van der Waals surface area contributed by atoms with Crippen LogP contribution < -0.4 is 0 Å². The number of hydrogen-bond donors (Lipinski definition) is 0. The first-order chi connectivity index (χ1) is 8.11. The van der Waals surface area contributed by atoms with Gasteiger partial charge in [-0.1, -0.05) is 30.3 Å². The van der Waals surface area contributed by atoms with Crippen LogP contribution in [0.3, 0.4) is 0 Å². The summed E-state index contributed by atoms with van der Waals surface area (Å²) in [6.45, 7) is 0. The Hall–Kier alpha value is -1.56. The highest BCUT2D eigenvalue weighted by atomic mass is 32.2. The van der Waals surface area contributed by atoms with Gasteiger partial charge in [0.1, 0.15) is 0 Å². The molecule has 0 amide bonds. The molecule has 0 radical (unpaired) electrons. The van der Waals surface area contributed by atoms with E-state index in [1.165, 1.54) is 0 Å². The molecule has 2 unspecified atom stereocenters. The van der Waals surface area contributed by atoms with Crippen LogP contribution >= 0.6 is 0 Å². The zero-order valence-electron chi connectivity index (χ0n) is 8.93. The second-order valence-corrected chi connectivity index (χ2v) is 5.48. The lowest BCUT2D eigenvalue weighted by molar-refractivity contribution is 0.378. The molecule has 2 atom stereocenters. The van der Waals surface area contributed by atoms with E-state index in [1.807, 2.05) is 30.3 Å². The van der Waals surface area contributed by atoms with Gasteiger partial charge in [0, 0.05) is 15.9 Å². The first-order valence-electron chi connectivity index (χ1n) is 5.09. The van der Waals surface area contributed by atoms with Crippen molar-refractivity contribution in [3.8, 4) is 0 Å². The van der Waals surface area contributed by atoms with Crippen LogP contribution in [0.15, 0.2) is 34.9 Å². The minimum absolute atomic E-state index is 0.0962. The number of sulfonamides is 1. The van der Waals surface area contributed by atoms with Crippen LogP contribution in [-0.4, -0.2) is 26.4 Å². The molecule has 1 aromatic rings. The topological polar surface area (TPSA) is 95.4 Å². The van der Waals surface area contributed by atoms with Gasteiger partial charge in [-0.25, -0.2) is 8.42 Å². The first-order valence-corrected chi connectivity index (χ1v) is 6.70. The van der Waals surface area contributed by atoms with Gasteiger partial charge in [0.15, 0.2) is 0 Å². The van der Waals surface area contributed by atoms with E-state index >= 15 is 0 Å². The average Bonchev–Trinajstić information content (AvgIpc) is 2.96. The summed E-state index contributed by atoms with van der Waals surface area (Å²) >= 11 is 0. The second-order valence-electron chi connectivity index (χ2n) is 3.82. The van der Waals surface area contributed by atoms with E-state index in [-0.39, 0.29) is 18.0 Å². The zero-order chi connectivity index (χ0) is 12.3. The maximum atomic E-state index is 11.2. The summed E-state index contributed by atoms with van der Waals surface area (Å²) in [5.41, 5.74) is 9.17. The summed E-state index contributed by atoms with van der Waals surface area (Å²) in [7, 11) is -3.71. The Balaban J connectivity index is 1.88. The number of hydrogen-bond acceptors (Lipinski definition) is 3. The predicted octanol–water partition coefficient (Wildman–Crippen LogP) is 1.64. The summed E-state index contributed by atoms with van der Waals surface area (Å²) in [5, 5.41) is 0. The first kappa shape index (κ1) is 11.9. The Kier molecular flexibility index (Phi) is 3.33. The fourth-order valence-electron chi connectivity index (χ4n) is 1.65. The monoisotopic (exact) mass is 253 g/mol. The molecule has 0 spiro atoms. The molecule has 90 valence electrons. The third-order valence-electron chi connectivity index (χ3n) is 2.50. The fourth-order valence-corrected chi connectivity index (χ4v) is 2.53. The zero-order valence-corrected chi connectivity index (χ0v) is 9.75. The third kappa shape index (κ3) is 3.45. The van der Waals surface area contributed by atoms with Gasteiger partial charge >= 0.3 is 0 Å². The summed E-state index contributed by atoms with van der Waals surface area (Å²) in [6, 6.07) is 9.68.